The topological polar surface area (TPSA) is 64.4 Å². The highest BCUT2D eigenvalue weighted by Gasteiger charge is 2.25. The SMILES string of the molecule is CC1CCCOC1n1ncc2ccc(C(=O)O)cc21. The second-order valence-corrected chi connectivity index (χ2v) is 5.05. The molecule has 3 rings (SSSR count). The van der Waals surface area contributed by atoms with Crippen LogP contribution in [0.2, 0.25) is 0 Å². The summed E-state index contributed by atoms with van der Waals surface area (Å²) in [5, 5.41) is 14.4. The van der Waals surface area contributed by atoms with Crippen LogP contribution in [0.4, 0.5) is 0 Å². The van der Waals surface area contributed by atoms with Gasteiger partial charge in [0.25, 0.3) is 0 Å². The molecule has 2 unspecified atom stereocenters. The number of benzene rings is 1. The summed E-state index contributed by atoms with van der Waals surface area (Å²) in [5.74, 6) is -0.544. The molecule has 0 bridgehead atoms. The zero-order valence-corrected chi connectivity index (χ0v) is 10.7. The van der Waals surface area contributed by atoms with E-state index in [0.29, 0.717) is 5.92 Å². The molecule has 1 aliphatic rings. The monoisotopic (exact) mass is 260 g/mol. The first-order valence-electron chi connectivity index (χ1n) is 6.49. The Hall–Kier alpha value is -1.88. The minimum absolute atomic E-state index is 0.102. The summed E-state index contributed by atoms with van der Waals surface area (Å²) < 4.78 is 7.61. The molecule has 0 spiro atoms. The van der Waals surface area contributed by atoms with Crippen molar-refractivity contribution in [2.24, 2.45) is 5.92 Å². The highest BCUT2D eigenvalue weighted by Crippen LogP contribution is 2.31. The molecule has 5 heteroatoms. The van der Waals surface area contributed by atoms with Crippen molar-refractivity contribution in [3.8, 4) is 0 Å². The van der Waals surface area contributed by atoms with Gasteiger partial charge in [-0.2, -0.15) is 5.10 Å². The average Bonchev–Trinajstić information content (AvgIpc) is 2.82. The lowest BCUT2D eigenvalue weighted by molar-refractivity contribution is -0.0723. The number of nitrogens with zero attached hydrogens (tertiary/aromatic N) is 2. The van der Waals surface area contributed by atoms with Crippen LogP contribution >= 0.6 is 0 Å². The Morgan fingerprint density at radius 1 is 1.53 bits per heavy atom. The number of aromatic nitrogens is 2. The second-order valence-electron chi connectivity index (χ2n) is 5.05. The summed E-state index contributed by atoms with van der Waals surface area (Å²) >= 11 is 0. The maximum atomic E-state index is 11.1. The zero-order chi connectivity index (χ0) is 13.4. The molecule has 2 aromatic rings. The van der Waals surface area contributed by atoms with Crippen LogP contribution in [0.25, 0.3) is 10.9 Å². The fourth-order valence-electron chi connectivity index (χ4n) is 2.60. The molecular formula is C14H16N2O3. The minimum Gasteiger partial charge on any atom is -0.478 e. The first-order valence-corrected chi connectivity index (χ1v) is 6.49. The van der Waals surface area contributed by atoms with Gasteiger partial charge in [0.2, 0.25) is 0 Å². The zero-order valence-electron chi connectivity index (χ0n) is 10.7. The number of carbonyl (C=O) groups is 1. The smallest absolute Gasteiger partial charge is 0.335 e. The molecule has 1 aromatic heterocycles. The molecule has 0 amide bonds. The van der Waals surface area contributed by atoms with E-state index >= 15 is 0 Å². The first kappa shape index (κ1) is 12.2. The van der Waals surface area contributed by atoms with Crippen LogP contribution in [0.5, 0.6) is 0 Å². The van der Waals surface area contributed by atoms with E-state index in [0.717, 1.165) is 30.4 Å². The maximum absolute atomic E-state index is 11.1. The van der Waals surface area contributed by atoms with Gasteiger partial charge in [-0.25, -0.2) is 9.48 Å². The first-order chi connectivity index (χ1) is 9.16. The highest BCUT2D eigenvalue weighted by molar-refractivity contribution is 5.93. The molecule has 1 fully saturated rings. The molecule has 2 atom stereocenters. The van der Waals surface area contributed by atoms with Crippen LogP contribution in [0, 0.1) is 5.92 Å². The van der Waals surface area contributed by atoms with Gasteiger partial charge < -0.3 is 9.84 Å². The van der Waals surface area contributed by atoms with Gasteiger partial charge in [0.1, 0.15) is 0 Å². The molecule has 1 N–H and O–H groups in total. The Balaban J connectivity index is 2.07. The summed E-state index contributed by atoms with van der Waals surface area (Å²) in [6, 6.07) is 5.05. The Bertz CT molecular complexity index is 620. The van der Waals surface area contributed by atoms with E-state index in [-0.39, 0.29) is 11.8 Å². The Labute approximate surface area is 110 Å². The number of carboxylic acid groups (broad SMARTS) is 1. The van der Waals surface area contributed by atoms with Crippen molar-refractivity contribution in [1.82, 2.24) is 9.78 Å². The molecule has 2 heterocycles. The lowest BCUT2D eigenvalue weighted by atomic mass is 10.0. The Morgan fingerprint density at radius 2 is 2.37 bits per heavy atom. The molecule has 19 heavy (non-hydrogen) atoms. The van der Waals surface area contributed by atoms with Gasteiger partial charge in [0.15, 0.2) is 6.23 Å². The third-order valence-corrected chi connectivity index (χ3v) is 3.67. The van der Waals surface area contributed by atoms with Gasteiger partial charge in [-0.1, -0.05) is 13.0 Å². The summed E-state index contributed by atoms with van der Waals surface area (Å²) in [5.41, 5.74) is 1.09. The predicted octanol–water partition coefficient (Wildman–Crippen LogP) is 2.68. The molecule has 5 nitrogen and oxygen atoms in total. The van der Waals surface area contributed by atoms with Crippen LogP contribution in [0.3, 0.4) is 0 Å². The number of rotatable bonds is 2. The van der Waals surface area contributed by atoms with E-state index in [2.05, 4.69) is 12.0 Å². The predicted molar refractivity (Wildman–Crippen MR) is 70.1 cm³/mol. The summed E-state index contributed by atoms with van der Waals surface area (Å²) in [6.45, 7) is 2.87. The molecule has 0 radical (unpaired) electrons. The minimum atomic E-state index is -0.924. The third-order valence-electron chi connectivity index (χ3n) is 3.67. The van der Waals surface area contributed by atoms with E-state index in [1.165, 1.54) is 0 Å². The van der Waals surface area contributed by atoms with Crippen molar-refractivity contribution < 1.29 is 14.6 Å². The lowest BCUT2D eigenvalue weighted by Crippen LogP contribution is -2.26. The van der Waals surface area contributed by atoms with Crippen LogP contribution in [0.1, 0.15) is 36.4 Å². The number of hydrogen-bond donors (Lipinski definition) is 1. The number of fused-ring (bicyclic) bond motifs is 1. The molecule has 0 aliphatic carbocycles. The van der Waals surface area contributed by atoms with Gasteiger partial charge in [-0.15, -0.1) is 0 Å². The summed E-state index contributed by atoms with van der Waals surface area (Å²) in [6.07, 6.45) is 3.82. The number of hydrogen-bond acceptors (Lipinski definition) is 3. The van der Waals surface area contributed by atoms with Gasteiger partial charge >= 0.3 is 5.97 Å². The maximum Gasteiger partial charge on any atom is 0.335 e. The van der Waals surface area contributed by atoms with E-state index in [1.54, 1.807) is 24.4 Å². The van der Waals surface area contributed by atoms with Crippen molar-refractivity contribution in [3.05, 3.63) is 30.0 Å². The van der Waals surface area contributed by atoms with Crippen LogP contribution < -0.4 is 0 Å². The van der Waals surface area contributed by atoms with E-state index < -0.39 is 5.97 Å². The van der Waals surface area contributed by atoms with Crippen molar-refractivity contribution in [1.29, 1.82) is 0 Å². The standard InChI is InChI=1S/C14H16N2O3/c1-9-3-2-6-19-13(9)16-12-7-10(14(17)18)4-5-11(12)8-15-16/h4-5,7-9,13H,2-3,6H2,1H3,(H,17,18). The number of carboxylic acids is 1. The normalized spacial score (nSPS) is 23.6. The third kappa shape index (κ3) is 2.10. The summed E-state index contributed by atoms with van der Waals surface area (Å²) in [7, 11) is 0. The molecule has 1 aliphatic heterocycles. The average molecular weight is 260 g/mol. The fourth-order valence-corrected chi connectivity index (χ4v) is 2.60. The molecule has 0 saturated carbocycles. The van der Waals surface area contributed by atoms with E-state index in [4.69, 9.17) is 9.84 Å². The van der Waals surface area contributed by atoms with Crippen LogP contribution in [-0.4, -0.2) is 27.5 Å². The molecule has 1 saturated heterocycles. The molecule has 1 aromatic carbocycles. The van der Waals surface area contributed by atoms with Crippen LogP contribution in [0.15, 0.2) is 24.4 Å². The second kappa shape index (κ2) is 4.66. The summed E-state index contributed by atoms with van der Waals surface area (Å²) in [4.78, 5) is 11.1. The van der Waals surface area contributed by atoms with Crippen molar-refractivity contribution in [2.45, 2.75) is 26.0 Å². The van der Waals surface area contributed by atoms with E-state index in [1.807, 2.05) is 4.68 Å². The van der Waals surface area contributed by atoms with Crippen molar-refractivity contribution in [3.63, 3.8) is 0 Å². The Kier molecular flexibility index (Phi) is 2.98. The quantitative estimate of drug-likeness (QED) is 0.901. The Morgan fingerprint density at radius 3 is 3.11 bits per heavy atom. The van der Waals surface area contributed by atoms with Gasteiger partial charge in [-0.3, -0.25) is 0 Å². The lowest BCUT2D eigenvalue weighted by Gasteiger charge is -2.29. The highest BCUT2D eigenvalue weighted by atomic mass is 16.5. The van der Waals surface area contributed by atoms with Crippen molar-refractivity contribution in [2.75, 3.05) is 6.61 Å². The van der Waals surface area contributed by atoms with Crippen LogP contribution in [-0.2, 0) is 4.74 Å². The van der Waals surface area contributed by atoms with Gasteiger partial charge in [0.05, 0.1) is 17.3 Å². The number of ether oxygens (including phenoxy) is 1. The molecule has 100 valence electrons. The van der Waals surface area contributed by atoms with Gasteiger partial charge in [-0.05, 0) is 25.0 Å². The van der Waals surface area contributed by atoms with Crippen molar-refractivity contribution >= 4 is 16.9 Å². The number of aromatic carboxylic acids is 1. The molecular weight excluding hydrogens is 244 g/mol. The van der Waals surface area contributed by atoms with E-state index in [9.17, 15) is 4.79 Å². The largest absolute Gasteiger partial charge is 0.478 e. The fraction of sp³-hybridized carbons (Fsp3) is 0.429. The van der Waals surface area contributed by atoms with Gasteiger partial charge in [0, 0.05) is 17.9 Å².